The smallest absolute Gasteiger partial charge is 0.305 e. The summed E-state index contributed by atoms with van der Waals surface area (Å²) < 4.78 is 5.56. The summed E-state index contributed by atoms with van der Waals surface area (Å²) in [6.45, 7) is -0.270. The molecule has 0 bridgehead atoms. The number of carbonyl (C=O) groups is 5. The van der Waals surface area contributed by atoms with Gasteiger partial charge in [-0.25, -0.2) is 0 Å². The number of carboxylic acids is 1. The molecule has 4 aliphatic rings. The minimum atomic E-state index is -2.00. The number of halogens is 4. The van der Waals surface area contributed by atoms with Gasteiger partial charge in [-0.3, -0.25) is 33.8 Å². The fraction of sp³-hybridized carbons (Fsp3) is 0.480. The average molecular weight is 709 g/mol. The second-order valence-electron chi connectivity index (χ2n) is 10.0. The highest BCUT2D eigenvalue weighted by Gasteiger charge is 2.76. The maximum absolute atomic E-state index is 13.8. The first-order valence-electron chi connectivity index (χ1n) is 12.0. The molecule has 10 nitrogen and oxygen atoms in total. The Hall–Kier alpha value is -2.15. The molecule has 2 aliphatic heterocycles. The lowest BCUT2D eigenvalue weighted by atomic mass is 9.56. The third kappa shape index (κ3) is 3.81. The third-order valence-corrected chi connectivity index (χ3v) is 10.8. The van der Waals surface area contributed by atoms with Crippen LogP contribution in [0.15, 0.2) is 28.3 Å². The van der Waals surface area contributed by atoms with Crippen molar-refractivity contribution in [1.82, 2.24) is 9.80 Å². The average Bonchev–Trinajstić information content (AvgIpc) is 3.22. The topological polar surface area (TPSA) is 142 Å². The van der Waals surface area contributed by atoms with E-state index in [0.29, 0.717) is 11.1 Å². The van der Waals surface area contributed by atoms with E-state index in [2.05, 4.69) is 31.9 Å². The number of rotatable bonds is 6. The number of carboxylic acid groups (broad SMARTS) is 1. The van der Waals surface area contributed by atoms with Crippen LogP contribution in [-0.4, -0.2) is 78.5 Å². The van der Waals surface area contributed by atoms with Crippen molar-refractivity contribution in [1.29, 1.82) is 0 Å². The van der Waals surface area contributed by atoms with E-state index in [0.717, 1.165) is 9.80 Å². The summed E-state index contributed by atoms with van der Waals surface area (Å²) in [6.07, 6.45) is 1.34. The molecule has 2 saturated heterocycles. The molecule has 1 aromatic rings. The van der Waals surface area contributed by atoms with Crippen molar-refractivity contribution in [2.24, 2.45) is 17.8 Å². The molecule has 0 aromatic heterocycles. The lowest BCUT2D eigenvalue weighted by Gasteiger charge is -2.50. The second kappa shape index (κ2) is 9.74. The number of ether oxygens (including phenoxy) is 1. The van der Waals surface area contributed by atoms with Gasteiger partial charge in [-0.1, -0.05) is 27.6 Å². The first kappa shape index (κ1) is 28.4. The van der Waals surface area contributed by atoms with Crippen molar-refractivity contribution >= 4 is 84.7 Å². The first-order chi connectivity index (χ1) is 18.3. The summed E-state index contributed by atoms with van der Waals surface area (Å²) in [5, 5.41) is 19.5. The Kier molecular flexibility index (Phi) is 7.09. The number of benzene rings is 1. The van der Waals surface area contributed by atoms with Crippen LogP contribution in [0.4, 0.5) is 0 Å². The molecule has 6 unspecified atom stereocenters. The molecule has 0 radical (unpaired) electrons. The van der Waals surface area contributed by atoms with Crippen LogP contribution in [0.3, 0.4) is 0 Å². The molecule has 208 valence electrons. The summed E-state index contributed by atoms with van der Waals surface area (Å²) in [5.74, 6) is -7.15. The van der Waals surface area contributed by atoms with Gasteiger partial charge in [0.1, 0.15) is 0 Å². The van der Waals surface area contributed by atoms with E-state index in [1.54, 1.807) is 12.1 Å². The Morgan fingerprint density at radius 2 is 1.82 bits per heavy atom. The standard InChI is InChI=1S/C25H22Br2Cl2N2O8/c1-39-15-7-10(6-14(27)19(15)34)18-11-2-3-12-17(21(36)30(20(12)35)5-4-16(32)33)13(11)8-24(28)22(37)31(9-26)23(38)25(18,24)29/h2,6-7,12-13,17-18,34H,3-5,8-9H2,1H3,(H,32,33). The summed E-state index contributed by atoms with van der Waals surface area (Å²) in [7, 11) is 1.35. The molecule has 39 heavy (non-hydrogen) atoms. The van der Waals surface area contributed by atoms with Crippen LogP contribution >= 0.6 is 55.1 Å². The molecule has 5 rings (SSSR count). The lowest BCUT2D eigenvalue weighted by molar-refractivity contribution is -0.143. The highest BCUT2D eigenvalue weighted by atomic mass is 79.9. The van der Waals surface area contributed by atoms with Gasteiger partial charge in [0.2, 0.25) is 11.8 Å². The fourth-order valence-electron chi connectivity index (χ4n) is 6.54. The van der Waals surface area contributed by atoms with Gasteiger partial charge in [-0.2, -0.15) is 0 Å². The predicted octanol–water partition coefficient (Wildman–Crippen LogP) is 3.35. The number of alkyl halides is 3. The van der Waals surface area contributed by atoms with Crippen LogP contribution in [0.5, 0.6) is 11.5 Å². The van der Waals surface area contributed by atoms with E-state index >= 15 is 0 Å². The minimum Gasteiger partial charge on any atom is -0.503 e. The number of hydrogen-bond acceptors (Lipinski definition) is 7. The highest BCUT2D eigenvalue weighted by Crippen LogP contribution is 2.66. The Balaban J connectivity index is 1.70. The van der Waals surface area contributed by atoms with E-state index in [9.17, 15) is 29.1 Å². The number of methoxy groups -OCH3 is 1. The van der Waals surface area contributed by atoms with Crippen molar-refractivity contribution < 1.29 is 38.9 Å². The van der Waals surface area contributed by atoms with E-state index in [1.807, 2.05) is 0 Å². The van der Waals surface area contributed by atoms with Gasteiger partial charge in [0.25, 0.3) is 11.8 Å². The van der Waals surface area contributed by atoms with Crippen LogP contribution in [0.2, 0.25) is 0 Å². The molecule has 2 N–H and O–H groups in total. The van der Waals surface area contributed by atoms with Gasteiger partial charge in [0, 0.05) is 12.5 Å². The van der Waals surface area contributed by atoms with Crippen molar-refractivity contribution in [2.75, 3.05) is 19.1 Å². The molecule has 1 aromatic carbocycles. The first-order valence-corrected chi connectivity index (χ1v) is 14.6. The molecular weight excluding hydrogens is 687 g/mol. The second-order valence-corrected chi connectivity index (χ2v) is 12.6. The lowest BCUT2D eigenvalue weighted by Crippen LogP contribution is -2.60. The zero-order valence-electron chi connectivity index (χ0n) is 20.3. The van der Waals surface area contributed by atoms with Crippen molar-refractivity contribution in [3.05, 3.63) is 33.8 Å². The number of likely N-dealkylation sites (tertiary alicyclic amines) is 2. The van der Waals surface area contributed by atoms with Crippen LogP contribution in [0.25, 0.3) is 0 Å². The maximum Gasteiger partial charge on any atom is 0.305 e. The molecule has 2 aliphatic carbocycles. The minimum absolute atomic E-state index is 0.0808. The molecular formula is C25H22Br2Cl2N2O8. The number of allylic oxidation sites excluding steroid dienone is 2. The summed E-state index contributed by atoms with van der Waals surface area (Å²) >= 11 is 20.8. The van der Waals surface area contributed by atoms with Crippen LogP contribution in [0.1, 0.15) is 30.7 Å². The number of carbonyl (C=O) groups excluding carboxylic acids is 4. The maximum atomic E-state index is 13.8. The number of nitrogens with zero attached hydrogens (tertiary/aromatic N) is 2. The number of hydrogen-bond donors (Lipinski definition) is 2. The van der Waals surface area contributed by atoms with Gasteiger partial charge in [-0.05, 0) is 52.4 Å². The largest absolute Gasteiger partial charge is 0.503 e. The third-order valence-electron chi connectivity index (χ3n) is 8.26. The monoisotopic (exact) mass is 706 g/mol. The Labute approximate surface area is 249 Å². The molecule has 3 fully saturated rings. The number of fused-ring (bicyclic) bond motifs is 4. The van der Waals surface area contributed by atoms with Crippen molar-refractivity contribution in [3.63, 3.8) is 0 Å². The molecule has 14 heteroatoms. The van der Waals surface area contributed by atoms with E-state index in [4.69, 9.17) is 33.0 Å². The SMILES string of the molecule is COc1cc(C2C3=CCC4C(=O)N(CCC(=O)O)C(=O)C4C3CC3(Cl)C(=O)N(CBr)C(=O)C23Cl)cc(Br)c1O. The molecule has 0 spiro atoms. The molecule has 1 saturated carbocycles. The molecule has 4 amide bonds. The van der Waals surface area contributed by atoms with E-state index < -0.39 is 69.4 Å². The zero-order chi connectivity index (χ0) is 28.6. The zero-order valence-corrected chi connectivity index (χ0v) is 25.0. The van der Waals surface area contributed by atoms with E-state index in [-0.39, 0.29) is 40.8 Å². The summed E-state index contributed by atoms with van der Waals surface area (Å²) in [6, 6.07) is 3.05. The predicted molar refractivity (Wildman–Crippen MR) is 145 cm³/mol. The van der Waals surface area contributed by atoms with Crippen LogP contribution < -0.4 is 4.74 Å². The number of phenols is 1. The Bertz CT molecular complexity index is 1370. The number of phenolic OH excluding ortho intramolecular Hbond substituents is 1. The number of aliphatic carboxylic acids is 1. The fourth-order valence-corrected chi connectivity index (χ4v) is 8.42. The van der Waals surface area contributed by atoms with Crippen molar-refractivity contribution in [3.8, 4) is 11.5 Å². The normalized spacial score (nSPS) is 33.6. The summed E-state index contributed by atoms with van der Waals surface area (Å²) in [4.78, 5) is 63.2. The van der Waals surface area contributed by atoms with Crippen molar-refractivity contribution in [2.45, 2.75) is 34.9 Å². The van der Waals surface area contributed by atoms with Crippen LogP contribution in [-0.2, 0) is 24.0 Å². The van der Waals surface area contributed by atoms with Crippen LogP contribution in [0, 0.1) is 17.8 Å². The van der Waals surface area contributed by atoms with Gasteiger partial charge < -0.3 is 14.9 Å². The number of amides is 4. The van der Waals surface area contributed by atoms with Gasteiger partial charge in [0.15, 0.2) is 21.2 Å². The summed E-state index contributed by atoms with van der Waals surface area (Å²) in [5.41, 5.74) is 0.822. The number of aromatic hydroxyl groups is 1. The van der Waals surface area contributed by atoms with Gasteiger partial charge >= 0.3 is 5.97 Å². The Morgan fingerprint density at radius 3 is 2.44 bits per heavy atom. The van der Waals surface area contributed by atoms with E-state index in [1.165, 1.54) is 13.2 Å². The molecule has 2 heterocycles. The highest BCUT2D eigenvalue weighted by molar-refractivity contribution is 9.10. The number of imide groups is 2. The Morgan fingerprint density at radius 1 is 1.13 bits per heavy atom. The van der Waals surface area contributed by atoms with Gasteiger partial charge in [0.05, 0.1) is 35.3 Å². The van der Waals surface area contributed by atoms with Gasteiger partial charge in [-0.15, -0.1) is 23.2 Å². The quantitative estimate of drug-likeness (QED) is 0.199. The molecule has 6 atom stereocenters.